The van der Waals surface area contributed by atoms with Gasteiger partial charge in [0.2, 0.25) is 0 Å². The Kier molecular flexibility index (Phi) is 9.21. The van der Waals surface area contributed by atoms with E-state index in [1.165, 1.54) is 22.3 Å². The Balaban J connectivity index is 2.45. The van der Waals surface area contributed by atoms with E-state index in [2.05, 4.69) is 76.2 Å². The van der Waals surface area contributed by atoms with Gasteiger partial charge in [0.15, 0.2) is 0 Å². The van der Waals surface area contributed by atoms with Gasteiger partial charge in [-0.25, -0.2) is 0 Å². The Bertz CT molecular complexity index is 709. The van der Waals surface area contributed by atoms with Crippen molar-refractivity contribution in [2.24, 2.45) is 0 Å². The summed E-state index contributed by atoms with van der Waals surface area (Å²) in [6.45, 7) is 9.39. The predicted molar refractivity (Wildman–Crippen MR) is 119 cm³/mol. The first-order chi connectivity index (χ1) is 13.6. The third-order valence-corrected chi connectivity index (χ3v) is 5.80. The fourth-order valence-corrected chi connectivity index (χ4v) is 4.53. The second kappa shape index (κ2) is 11.4. The maximum Gasteiger partial charge on any atom is 0.0764 e. The van der Waals surface area contributed by atoms with Gasteiger partial charge in [-0.3, -0.25) is 0 Å². The second-order valence-electron chi connectivity index (χ2n) is 7.99. The molecule has 2 nitrogen and oxygen atoms in total. The van der Waals surface area contributed by atoms with Crippen LogP contribution in [0.2, 0.25) is 0 Å². The highest BCUT2D eigenvalue weighted by molar-refractivity contribution is 5.35. The number of hydrogen-bond acceptors (Lipinski definition) is 2. The summed E-state index contributed by atoms with van der Waals surface area (Å²) < 4.78 is 6.41. The summed E-state index contributed by atoms with van der Waals surface area (Å²) in [4.78, 5) is 0. The summed E-state index contributed by atoms with van der Waals surface area (Å²) in [5, 5.41) is 9.47. The number of aryl methyl sites for hydroxylation is 2. The number of aliphatic hydroxyl groups is 1. The van der Waals surface area contributed by atoms with Gasteiger partial charge in [-0.2, -0.15) is 0 Å². The van der Waals surface area contributed by atoms with Crippen molar-refractivity contribution >= 4 is 0 Å². The van der Waals surface area contributed by atoms with Crippen molar-refractivity contribution < 1.29 is 9.84 Å². The lowest BCUT2D eigenvalue weighted by Gasteiger charge is -2.39. The van der Waals surface area contributed by atoms with E-state index in [4.69, 9.17) is 4.74 Å². The van der Waals surface area contributed by atoms with E-state index in [9.17, 15) is 5.11 Å². The largest absolute Gasteiger partial charge is 0.394 e. The molecule has 0 amide bonds. The molecule has 0 bridgehead atoms. The summed E-state index contributed by atoms with van der Waals surface area (Å²) in [6, 6.07) is 17.6. The maximum atomic E-state index is 9.47. The summed E-state index contributed by atoms with van der Waals surface area (Å²) in [7, 11) is 0. The Morgan fingerprint density at radius 1 is 0.857 bits per heavy atom. The molecule has 2 heteroatoms. The van der Waals surface area contributed by atoms with E-state index in [1.54, 1.807) is 0 Å². The van der Waals surface area contributed by atoms with Gasteiger partial charge < -0.3 is 9.84 Å². The van der Waals surface area contributed by atoms with E-state index in [0.29, 0.717) is 6.61 Å². The molecule has 154 valence electrons. The van der Waals surface area contributed by atoms with Crippen LogP contribution in [0.25, 0.3) is 0 Å². The zero-order chi connectivity index (χ0) is 20.4. The van der Waals surface area contributed by atoms with E-state index < -0.39 is 0 Å². The highest BCUT2D eigenvalue weighted by atomic mass is 16.5. The summed E-state index contributed by atoms with van der Waals surface area (Å²) in [5.74, 6) is 0.288. The van der Waals surface area contributed by atoms with Gasteiger partial charge in [0.1, 0.15) is 0 Å². The lowest BCUT2D eigenvalue weighted by molar-refractivity contribution is -0.0645. The van der Waals surface area contributed by atoms with Gasteiger partial charge >= 0.3 is 0 Å². The van der Waals surface area contributed by atoms with Crippen LogP contribution < -0.4 is 0 Å². The number of aliphatic hydroxyl groups excluding tert-OH is 1. The monoisotopic (exact) mass is 382 g/mol. The van der Waals surface area contributed by atoms with Crippen LogP contribution in [0.4, 0.5) is 0 Å². The highest BCUT2D eigenvalue weighted by Gasteiger charge is 2.36. The SMILES string of the molecule is CCCc1ccccc1CC(C)(OCCO)C(CC)c1ccccc1CCC. The van der Waals surface area contributed by atoms with Crippen LogP contribution in [0, 0.1) is 0 Å². The fraction of sp³-hybridized carbons (Fsp3) is 0.538. The Morgan fingerprint density at radius 3 is 2.04 bits per heavy atom. The smallest absolute Gasteiger partial charge is 0.0764 e. The quantitative estimate of drug-likeness (QED) is 0.481. The molecule has 2 aromatic carbocycles. The molecule has 0 aliphatic carbocycles. The molecular formula is C26H38O2. The molecule has 0 aliphatic rings. The molecule has 28 heavy (non-hydrogen) atoms. The molecule has 0 radical (unpaired) electrons. The molecule has 0 aliphatic heterocycles. The highest BCUT2D eigenvalue weighted by Crippen LogP contribution is 2.39. The van der Waals surface area contributed by atoms with Crippen LogP contribution in [0.5, 0.6) is 0 Å². The number of benzene rings is 2. The minimum atomic E-state index is -0.356. The number of rotatable bonds is 12. The molecule has 0 spiro atoms. The lowest BCUT2D eigenvalue weighted by Crippen LogP contribution is -2.40. The van der Waals surface area contributed by atoms with Gasteiger partial charge in [0.25, 0.3) is 0 Å². The Hall–Kier alpha value is -1.64. The average molecular weight is 383 g/mol. The summed E-state index contributed by atoms with van der Waals surface area (Å²) in [5.41, 5.74) is 5.26. The first kappa shape index (κ1) is 22.6. The van der Waals surface area contributed by atoms with E-state index in [1.807, 2.05) is 0 Å². The van der Waals surface area contributed by atoms with Crippen molar-refractivity contribution in [2.75, 3.05) is 13.2 Å². The molecular weight excluding hydrogens is 344 g/mol. The van der Waals surface area contributed by atoms with Crippen molar-refractivity contribution in [3.05, 3.63) is 70.8 Å². The topological polar surface area (TPSA) is 29.5 Å². The zero-order valence-corrected chi connectivity index (χ0v) is 18.2. The van der Waals surface area contributed by atoms with Crippen molar-refractivity contribution in [1.82, 2.24) is 0 Å². The van der Waals surface area contributed by atoms with Crippen LogP contribution >= 0.6 is 0 Å². The predicted octanol–water partition coefficient (Wildman–Crippen LogP) is 6.10. The Labute approximate surface area is 172 Å². The molecule has 0 aromatic heterocycles. The molecule has 0 saturated carbocycles. The molecule has 2 aromatic rings. The van der Waals surface area contributed by atoms with Crippen LogP contribution in [-0.2, 0) is 24.0 Å². The second-order valence-corrected chi connectivity index (χ2v) is 7.99. The molecule has 2 unspecified atom stereocenters. The van der Waals surface area contributed by atoms with E-state index >= 15 is 0 Å². The van der Waals surface area contributed by atoms with Crippen LogP contribution in [-0.4, -0.2) is 23.9 Å². The van der Waals surface area contributed by atoms with E-state index in [0.717, 1.165) is 38.5 Å². The molecule has 2 atom stereocenters. The lowest BCUT2D eigenvalue weighted by atomic mass is 9.75. The average Bonchev–Trinajstić information content (AvgIpc) is 2.70. The van der Waals surface area contributed by atoms with Crippen molar-refractivity contribution in [2.45, 2.75) is 77.7 Å². The fourth-order valence-electron chi connectivity index (χ4n) is 4.53. The normalized spacial score (nSPS) is 14.6. The zero-order valence-electron chi connectivity index (χ0n) is 18.2. The third-order valence-electron chi connectivity index (χ3n) is 5.80. The van der Waals surface area contributed by atoms with Gasteiger partial charge in [-0.05, 0) is 48.4 Å². The minimum Gasteiger partial charge on any atom is -0.394 e. The maximum absolute atomic E-state index is 9.47. The molecule has 1 N–H and O–H groups in total. The summed E-state index contributed by atoms with van der Waals surface area (Å²) in [6.07, 6.45) is 6.34. The van der Waals surface area contributed by atoms with Crippen LogP contribution in [0.3, 0.4) is 0 Å². The van der Waals surface area contributed by atoms with Crippen LogP contribution in [0.15, 0.2) is 48.5 Å². The van der Waals surface area contributed by atoms with Crippen LogP contribution in [0.1, 0.15) is 75.1 Å². The minimum absolute atomic E-state index is 0.0548. The Morgan fingerprint density at radius 2 is 1.43 bits per heavy atom. The molecule has 0 saturated heterocycles. The first-order valence-corrected chi connectivity index (χ1v) is 11.0. The van der Waals surface area contributed by atoms with Crippen molar-refractivity contribution in [3.8, 4) is 0 Å². The third kappa shape index (κ3) is 5.68. The van der Waals surface area contributed by atoms with Gasteiger partial charge in [0, 0.05) is 12.3 Å². The van der Waals surface area contributed by atoms with Gasteiger partial charge in [-0.1, -0.05) is 82.1 Å². The standard InChI is InChI=1S/C26H38O2/c1-5-12-21-14-8-9-16-23(21)20-26(4,28-19-18-27)25(7-3)24-17-11-10-15-22(24)13-6-2/h8-11,14-17,25,27H,5-7,12-13,18-20H2,1-4H3. The van der Waals surface area contributed by atoms with E-state index in [-0.39, 0.29) is 18.1 Å². The molecule has 2 rings (SSSR count). The van der Waals surface area contributed by atoms with Gasteiger partial charge in [0.05, 0.1) is 18.8 Å². The van der Waals surface area contributed by atoms with Gasteiger partial charge in [-0.15, -0.1) is 0 Å². The first-order valence-electron chi connectivity index (χ1n) is 11.0. The number of hydrogen-bond donors (Lipinski definition) is 1. The molecule has 0 heterocycles. The number of ether oxygens (including phenoxy) is 1. The van der Waals surface area contributed by atoms with Crippen molar-refractivity contribution in [3.63, 3.8) is 0 Å². The molecule has 0 fully saturated rings. The van der Waals surface area contributed by atoms with Crippen molar-refractivity contribution in [1.29, 1.82) is 0 Å². The summed E-state index contributed by atoms with van der Waals surface area (Å²) >= 11 is 0.